The Morgan fingerprint density at radius 3 is 1.54 bits per heavy atom. The number of esters is 2. The number of phosphoric acid groups is 1. The molecule has 0 aliphatic heterocycles. The first kappa shape index (κ1) is 52.9. The van der Waals surface area contributed by atoms with Gasteiger partial charge in [0.2, 0.25) is 0 Å². The molecule has 0 rings (SSSR count). The first-order valence-corrected chi connectivity index (χ1v) is 22.5. The summed E-state index contributed by atoms with van der Waals surface area (Å²) in [7, 11) is -4.73. The second-order valence-electron chi connectivity index (χ2n) is 13.7. The number of allylic oxidation sites excluding steroid dienone is 12. The van der Waals surface area contributed by atoms with E-state index in [0.29, 0.717) is 12.8 Å². The average molecular weight is 808 g/mol. The number of aliphatic carboxylic acids is 1. The van der Waals surface area contributed by atoms with E-state index in [1.54, 1.807) is 0 Å². The van der Waals surface area contributed by atoms with Crippen LogP contribution in [0.2, 0.25) is 0 Å². The molecule has 0 aliphatic rings. The molecule has 0 saturated carbocycles. The van der Waals surface area contributed by atoms with E-state index in [9.17, 15) is 23.8 Å². The molecule has 0 aromatic heterocycles. The third-order valence-corrected chi connectivity index (χ3v) is 9.39. The molecule has 0 heterocycles. The number of carboxylic acid groups (broad SMARTS) is 1. The zero-order chi connectivity index (χ0) is 41.4. The lowest BCUT2D eigenvalue weighted by atomic mass is 10.1. The van der Waals surface area contributed by atoms with E-state index < -0.39 is 51.1 Å². The largest absolute Gasteiger partial charge is 0.480 e. The number of ether oxygens (including phenoxy) is 2. The number of hydrogen-bond acceptors (Lipinski definition) is 9. The van der Waals surface area contributed by atoms with E-state index in [-0.39, 0.29) is 19.4 Å². The fourth-order valence-corrected chi connectivity index (χ4v) is 5.92. The first-order valence-electron chi connectivity index (χ1n) is 21.0. The molecule has 0 aromatic carbocycles. The molecule has 3 atom stereocenters. The molecule has 4 N–H and O–H groups in total. The molecular weight excluding hydrogens is 733 g/mol. The van der Waals surface area contributed by atoms with Crippen LogP contribution in [0.3, 0.4) is 0 Å². The molecule has 0 aliphatic carbocycles. The summed E-state index contributed by atoms with van der Waals surface area (Å²) in [6.07, 6.45) is 45.4. The fourth-order valence-electron chi connectivity index (χ4n) is 5.14. The molecule has 0 saturated heterocycles. The lowest BCUT2D eigenvalue weighted by Gasteiger charge is -2.20. The Kier molecular flexibility index (Phi) is 36.6. The molecular formula is C44H74NO10P. The van der Waals surface area contributed by atoms with Gasteiger partial charge in [-0.15, -0.1) is 0 Å². The minimum absolute atomic E-state index is 0.140. The first-order chi connectivity index (χ1) is 27.1. The quantitative estimate of drug-likeness (QED) is 0.0235. The number of hydrogen-bond donors (Lipinski definition) is 3. The Morgan fingerprint density at radius 1 is 0.571 bits per heavy atom. The van der Waals surface area contributed by atoms with Crippen LogP contribution < -0.4 is 5.73 Å². The third-order valence-electron chi connectivity index (χ3n) is 8.44. The van der Waals surface area contributed by atoms with E-state index in [1.165, 1.54) is 25.7 Å². The van der Waals surface area contributed by atoms with Gasteiger partial charge in [-0.1, -0.05) is 132 Å². The smallest absolute Gasteiger partial charge is 0.472 e. The minimum atomic E-state index is -4.73. The number of phosphoric ester groups is 1. The average Bonchev–Trinajstić information content (AvgIpc) is 3.17. The maximum Gasteiger partial charge on any atom is 0.472 e. The molecule has 0 bridgehead atoms. The molecule has 11 nitrogen and oxygen atoms in total. The van der Waals surface area contributed by atoms with Crippen molar-refractivity contribution in [3.63, 3.8) is 0 Å². The zero-order valence-corrected chi connectivity index (χ0v) is 35.3. The van der Waals surface area contributed by atoms with Gasteiger partial charge >= 0.3 is 25.7 Å². The summed E-state index contributed by atoms with van der Waals surface area (Å²) < 4.78 is 32.6. The van der Waals surface area contributed by atoms with Crippen molar-refractivity contribution in [3.05, 3.63) is 72.9 Å². The van der Waals surface area contributed by atoms with Crippen LogP contribution in [0.25, 0.3) is 0 Å². The van der Waals surface area contributed by atoms with Gasteiger partial charge in [0.1, 0.15) is 12.6 Å². The molecule has 0 fully saturated rings. The second kappa shape index (κ2) is 38.8. The predicted octanol–water partition coefficient (Wildman–Crippen LogP) is 10.9. The fraction of sp³-hybridized carbons (Fsp3) is 0.659. The number of rotatable bonds is 38. The summed E-state index contributed by atoms with van der Waals surface area (Å²) in [5, 5.41) is 8.88. The van der Waals surface area contributed by atoms with Crippen molar-refractivity contribution >= 4 is 25.7 Å². The Balaban J connectivity index is 4.46. The van der Waals surface area contributed by atoms with E-state index in [0.717, 1.165) is 89.9 Å². The van der Waals surface area contributed by atoms with Crippen molar-refractivity contribution in [3.8, 4) is 0 Å². The highest BCUT2D eigenvalue weighted by molar-refractivity contribution is 7.47. The van der Waals surface area contributed by atoms with Crippen molar-refractivity contribution in [1.82, 2.24) is 0 Å². The van der Waals surface area contributed by atoms with Crippen molar-refractivity contribution in [2.75, 3.05) is 19.8 Å². The predicted molar refractivity (Wildman–Crippen MR) is 226 cm³/mol. The van der Waals surface area contributed by atoms with Gasteiger partial charge in [0, 0.05) is 12.8 Å². The van der Waals surface area contributed by atoms with Gasteiger partial charge in [-0.25, -0.2) is 4.57 Å². The topological polar surface area (TPSA) is 172 Å². The van der Waals surface area contributed by atoms with Crippen LogP contribution in [0, 0.1) is 0 Å². The number of carbonyl (C=O) groups is 3. The van der Waals surface area contributed by atoms with Crippen LogP contribution >= 0.6 is 7.82 Å². The van der Waals surface area contributed by atoms with Crippen LogP contribution in [0.1, 0.15) is 155 Å². The Hall–Kier alpha value is -3.08. The van der Waals surface area contributed by atoms with E-state index in [4.69, 9.17) is 24.8 Å². The van der Waals surface area contributed by atoms with Gasteiger partial charge in [-0.05, 0) is 83.5 Å². The number of unbranched alkanes of at least 4 members (excludes halogenated alkanes) is 12. The number of carbonyl (C=O) groups excluding carboxylic acids is 2. The molecule has 0 spiro atoms. The van der Waals surface area contributed by atoms with Gasteiger partial charge < -0.3 is 25.2 Å². The summed E-state index contributed by atoms with van der Waals surface area (Å²) in [5.41, 5.74) is 5.32. The molecule has 0 aromatic rings. The van der Waals surface area contributed by atoms with Crippen LogP contribution in [-0.4, -0.2) is 59.9 Å². The number of carboxylic acids is 1. The van der Waals surface area contributed by atoms with Crippen molar-refractivity contribution < 1.29 is 47.5 Å². The normalized spacial score (nSPS) is 14.5. The number of nitrogens with two attached hydrogens (primary N) is 1. The molecule has 320 valence electrons. The van der Waals surface area contributed by atoms with Crippen LogP contribution in [-0.2, 0) is 37.5 Å². The molecule has 0 radical (unpaired) electrons. The standard InChI is InChI=1S/C44H74NO10P/c1-3-5-7-9-11-13-15-17-18-19-20-21-22-24-25-27-29-31-33-35-42(46)52-37-40(38-53-56(50,51)54-39-41(45)44(48)49)55-43(47)36-34-32-30-28-26-23-16-14-12-10-8-6-4-2/h5,7,11,13-14,16-18,20-21,24-25,40-41H,3-4,6,8-10,12,15,19,22-23,26-39,45H2,1-2H3,(H,48,49)(H,50,51)/b7-5+,13-11+,16-14+,18-17+,21-20+,25-24+/t40-,41+/m0/s1. The van der Waals surface area contributed by atoms with Gasteiger partial charge in [0.25, 0.3) is 0 Å². The van der Waals surface area contributed by atoms with Gasteiger partial charge in [-0.3, -0.25) is 23.4 Å². The molecule has 12 heteroatoms. The Morgan fingerprint density at radius 2 is 1.00 bits per heavy atom. The summed E-state index contributed by atoms with van der Waals surface area (Å²) >= 11 is 0. The lowest BCUT2D eigenvalue weighted by molar-refractivity contribution is -0.161. The highest BCUT2D eigenvalue weighted by atomic mass is 31.2. The monoisotopic (exact) mass is 808 g/mol. The van der Waals surface area contributed by atoms with Crippen molar-refractivity contribution in [1.29, 1.82) is 0 Å². The molecule has 1 unspecified atom stereocenters. The zero-order valence-electron chi connectivity index (χ0n) is 34.4. The Bertz CT molecular complexity index is 1230. The molecule has 0 amide bonds. The maximum absolute atomic E-state index is 12.6. The molecule has 56 heavy (non-hydrogen) atoms. The van der Waals surface area contributed by atoms with Crippen LogP contribution in [0.4, 0.5) is 0 Å². The second-order valence-corrected chi connectivity index (χ2v) is 15.2. The summed E-state index contributed by atoms with van der Waals surface area (Å²) in [6, 6.07) is -1.53. The van der Waals surface area contributed by atoms with Gasteiger partial charge in [0.05, 0.1) is 13.2 Å². The van der Waals surface area contributed by atoms with Crippen LogP contribution in [0.15, 0.2) is 72.9 Å². The van der Waals surface area contributed by atoms with E-state index >= 15 is 0 Å². The van der Waals surface area contributed by atoms with Crippen molar-refractivity contribution in [2.45, 2.75) is 167 Å². The summed E-state index contributed by atoms with van der Waals surface area (Å²) in [4.78, 5) is 45.9. The van der Waals surface area contributed by atoms with E-state index in [1.807, 2.05) is 0 Å². The highest BCUT2D eigenvalue weighted by Crippen LogP contribution is 2.43. The van der Waals surface area contributed by atoms with Crippen molar-refractivity contribution in [2.24, 2.45) is 5.73 Å². The maximum atomic E-state index is 12.6. The SMILES string of the molecule is CC/C=C/C/C=C/C/C=C/C/C=C/C/C=C/CCCCCC(=O)OC[C@@H](COP(=O)(O)OC[C@@H](N)C(=O)O)OC(=O)CCCCCCC/C=C/CCCCCC. The minimum Gasteiger partial charge on any atom is -0.480 e. The van der Waals surface area contributed by atoms with Crippen LogP contribution in [0.5, 0.6) is 0 Å². The van der Waals surface area contributed by atoms with Gasteiger partial charge in [0.15, 0.2) is 6.10 Å². The summed E-state index contributed by atoms with van der Waals surface area (Å²) in [6.45, 7) is 2.61. The van der Waals surface area contributed by atoms with E-state index in [2.05, 4.69) is 91.3 Å². The third kappa shape index (κ3) is 37.8. The Labute approximate surface area is 338 Å². The lowest BCUT2D eigenvalue weighted by Crippen LogP contribution is -2.34. The highest BCUT2D eigenvalue weighted by Gasteiger charge is 2.28. The summed E-state index contributed by atoms with van der Waals surface area (Å²) in [5.74, 6) is -2.44. The van der Waals surface area contributed by atoms with Gasteiger partial charge in [-0.2, -0.15) is 0 Å².